The van der Waals surface area contributed by atoms with Crippen molar-refractivity contribution >= 4 is 52.8 Å². The summed E-state index contributed by atoms with van der Waals surface area (Å²) in [4.78, 5) is 11.6. The van der Waals surface area contributed by atoms with Crippen LogP contribution in [0.3, 0.4) is 0 Å². The molecule has 4 aromatic rings. The van der Waals surface area contributed by atoms with Gasteiger partial charge >= 0.3 is 0 Å². The van der Waals surface area contributed by atoms with Gasteiger partial charge in [-0.1, -0.05) is 60.7 Å². The summed E-state index contributed by atoms with van der Waals surface area (Å²) in [5, 5.41) is 12.9. The molecule has 0 fully saturated rings. The predicted octanol–water partition coefficient (Wildman–Crippen LogP) is 4.56. The van der Waals surface area contributed by atoms with Gasteiger partial charge in [-0.3, -0.25) is 4.79 Å². The molecule has 0 aromatic heterocycles. The van der Waals surface area contributed by atoms with E-state index >= 15 is 0 Å². The maximum Gasteiger partial charge on any atom is 0.211 e. The first-order valence-electron chi connectivity index (χ1n) is 9.96. The van der Waals surface area contributed by atoms with Gasteiger partial charge in [0.2, 0.25) is 25.5 Å². The number of hydrogen-bond acceptors (Lipinski definition) is 6. The van der Waals surface area contributed by atoms with E-state index in [1.165, 1.54) is 12.1 Å². The van der Waals surface area contributed by atoms with Crippen LogP contribution in [-0.2, 0) is 19.7 Å². The lowest BCUT2D eigenvalue weighted by Crippen LogP contribution is -2.06. The topological polar surface area (TPSA) is 106 Å². The third-order valence-electron chi connectivity index (χ3n) is 6.09. The van der Waals surface area contributed by atoms with Crippen LogP contribution in [-0.4, -0.2) is 27.7 Å². The number of aliphatic hydroxyl groups is 1. The Morgan fingerprint density at radius 1 is 0.636 bits per heavy atom. The Morgan fingerprint density at radius 2 is 1.15 bits per heavy atom. The quantitative estimate of drug-likeness (QED) is 0.406. The van der Waals surface area contributed by atoms with Crippen LogP contribution in [0.15, 0.2) is 98.5 Å². The molecule has 0 aliphatic carbocycles. The highest BCUT2D eigenvalue weighted by atomic mass is 32.2. The summed E-state index contributed by atoms with van der Waals surface area (Å²) < 4.78 is 53.7. The van der Waals surface area contributed by atoms with Gasteiger partial charge in [0.25, 0.3) is 0 Å². The molecule has 2 heterocycles. The second-order valence-corrected chi connectivity index (χ2v) is 11.6. The maximum atomic E-state index is 13.4. The van der Waals surface area contributed by atoms with E-state index in [9.17, 15) is 26.7 Å². The first-order chi connectivity index (χ1) is 15.7. The lowest BCUT2D eigenvalue weighted by Gasteiger charge is -2.05. The predicted molar refractivity (Wildman–Crippen MR) is 124 cm³/mol. The van der Waals surface area contributed by atoms with E-state index < -0.39 is 41.0 Å². The number of fused-ring (bicyclic) bond motifs is 6. The number of rotatable bonds is 1. The van der Waals surface area contributed by atoms with Crippen molar-refractivity contribution in [1.29, 1.82) is 0 Å². The van der Waals surface area contributed by atoms with Gasteiger partial charge in [-0.05, 0) is 29.0 Å². The zero-order chi connectivity index (χ0) is 23.1. The average Bonchev–Trinajstić information content (AvgIpc) is 3.13. The molecule has 0 saturated carbocycles. The molecule has 162 valence electrons. The molecular formula is C25H14O6S2. The van der Waals surface area contributed by atoms with Gasteiger partial charge < -0.3 is 5.11 Å². The number of ketones is 1. The van der Waals surface area contributed by atoms with Crippen LogP contribution < -0.4 is 0 Å². The second kappa shape index (κ2) is 6.40. The SMILES string of the molecule is O=C1C(=CC2=C(O)c3ccc4ccccc4c3S2(=O)=O)S(=O)(=O)c2c1ccc1ccccc21. The average molecular weight is 475 g/mol. The lowest BCUT2D eigenvalue weighted by molar-refractivity contribution is 0.104. The molecule has 8 heteroatoms. The van der Waals surface area contributed by atoms with Crippen LogP contribution >= 0.6 is 0 Å². The molecule has 1 N–H and O–H groups in total. The molecule has 0 amide bonds. The fraction of sp³-hybridized carbons (Fsp3) is 0. The molecule has 6 nitrogen and oxygen atoms in total. The number of Topliss-reactive ketones (excluding diaryl/α,β-unsaturated/α-hetero) is 1. The number of benzene rings is 4. The molecule has 33 heavy (non-hydrogen) atoms. The van der Waals surface area contributed by atoms with Crippen LogP contribution in [0.4, 0.5) is 0 Å². The summed E-state index contributed by atoms with van der Waals surface area (Å²) in [5.74, 6) is -1.38. The zero-order valence-corrected chi connectivity index (χ0v) is 18.4. The van der Waals surface area contributed by atoms with Crippen LogP contribution in [0.2, 0.25) is 0 Å². The molecule has 6 rings (SSSR count). The minimum absolute atomic E-state index is 0.0154. The molecule has 0 bridgehead atoms. The van der Waals surface area contributed by atoms with Crippen molar-refractivity contribution in [3.8, 4) is 0 Å². The molecule has 2 aliphatic rings. The van der Waals surface area contributed by atoms with Crippen LogP contribution in [0, 0.1) is 0 Å². The number of aliphatic hydroxyl groups excluding tert-OH is 1. The Balaban J connectivity index is 1.61. The Hall–Kier alpha value is -3.75. The standard InChI is InChI=1S/C25H14O6S2/c26-22-18-11-9-14-5-1-3-7-16(14)24(18)32(28,29)20(22)13-21-23(27)19-12-10-15-6-2-4-8-17(15)25(19)33(21,30)31/h1-13,26H. The van der Waals surface area contributed by atoms with E-state index in [2.05, 4.69) is 0 Å². The third-order valence-corrected chi connectivity index (χ3v) is 9.82. The van der Waals surface area contributed by atoms with E-state index in [0.717, 1.165) is 6.08 Å². The van der Waals surface area contributed by atoms with Crippen molar-refractivity contribution < 1.29 is 26.7 Å². The number of allylic oxidation sites excluding steroid dienone is 2. The van der Waals surface area contributed by atoms with Gasteiger partial charge in [-0.15, -0.1) is 0 Å². The molecular weight excluding hydrogens is 460 g/mol. The van der Waals surface area contributed by atoms with E-state index in [1.54, 1.807) is 60.7 Å². The van der Waals surface area contributed by atoms with Gasteiger partial charge in [0.15, 0.2) is 0 Å². The summed E-state index contributed by atoms with van der Waals surface area (Å²) in [5.41, 5.74) is 0.0600. The number of carbonyl (C=O) groups excluding carboxylic acids is 1. The van der Waals surface area contributed by atoms with E-state index in [0.29, 0.717) is 21.5 Å². The van der Waals surface area contributed by atoms with Gasteiger partial charge in [0, 0.05) is 21.9 Å². The Kier molecular flexibility index (Phi) is 3.86. The fourth-order valence-corrected chi connectivity index (χ4v) is 8.21. The van der Waals surface area contributed by atoms with E-state index in [-0.39, 0.29) is 20.9 Å². The van der Waals surface area contributed by atoms with Gasteiger partial charge in [0.05, 0.1) is 9.79 Å². The minimum atomic E-state index is -4.31. The van der Waals surface area contributed by atoms with Crippen molar-refractivity contribution in [3.63, 3.8) is 0 Å². The molecule has 0 radical (unpaired) electrons. The van der Waals surface area contributed by atoms with E-state index in [4.69, 9.17) is 0 Å². The van der Waals surface area contributed by atoms with Gasteiger partial charge in [0.1, 0.15) is 15.6 Å². The maximum absolute atomic E-state index is 13.4. The molecule has 2 aliphatic heterocycles. The Bertz CT molecular complexity index is 1860. The van der Waals surface area contributed by atoms with Crippen molar-refractivity contribution in [2.45, 2.75) is 9.79 Å². The molecule has 0 unspecified atom stereocenters. The fourth-order valence-electron chi connectivity index (χ4n) is 4.57. The molecule has 4 aromatic carbocycles. The zero-order valence-electron chi connectivity index (χ0n) is 16.8. The third kappa shape index (κ3) is 2.50. The summed E-state index contributed by atoms with van der Waals surface area (Å²) >= 11 is 0. The highest BCUT2D eigenvalue weighted by molar-refractivity contribution is 7.98. The summed E-state index contributed by atoms with van der Waals surface area (Å²) in [6, 6.07) is 19.8. The van der Waals surface area contributed by atoms with Crippen LogP contribution in [0.5, 0.6) is 0 Å². The monoisotopic (exact) mass is 474 g/mol. The second-order valence-electron chi connectivity index (χ2n) is 7.88. The normalized spacial score (nSPS) is 19.4. The van der Waals surface area contributed by atoms with Crippen LogP contribution in [0.25, 0.3) is 27.3 Å². The highest BCUT2D eigenvalue weighted by Crippen LogP contribution is 2.45. The molecule has 0 spiro atoms. The first kappa shape index (κ1) is 19.9. The van der Waals surface area contributed by atoms with Crippen LogP contribution in [0.1, 0.15) is 15.9 Å². The summed E-state index contributed by atoms with van der Waals surface area (Å²) in [7, 11) is -8.59. The van der Waals surface area contributed by atoms with Crippen molar-refractivity contribution in [3.05, 3.63) is 99.8 Å². The largest absolute Gasteiger partial charge is 0.506 e. The molecule has 0 saturated heterocycles. The lowest BCUT2D eigenvalue weighted by atomic mass is 10.0. The highest BCUT2D eigenvalue weighted by Gasteiger charge is 2.43. The van der Waals surface area contributed by atoms with Crippen molar-refractivity contribution in [2.24, 2.45) is 0 Å². The number of hydrogen-bond donors (Lipinski definition) is 1. The Labute approximate surface area is 188 Å². The smallest absolute Gasteiger partial charge is 0.211 e. The summed E-state index contributed by atoms with van der Waals surface area (Å²) in [6.45, 7) is 0. The van der Waals surface area contributed by atoms with Gasteiger partial charge in [-0.2, -0.15) is 0 Å². The van der Waals surface area contributed by atoms with Crippen molar-refractivity contribution in [1.82, 2.24) is 0 Å². The Morgan fingerprint density at radius 3 is 1.76 bits per heavy atom. The van der Waals surface area contributed by atoms with Gasteiger partial charge in [-0.25, -0.2) is 16.8 Å². The first-order valence-corrected chi connectivity index (χ1v) is 12.9. The minimum Gasteiger partial charge on any atom is -0.506 e. The van der Waals surface area contributed by atoms with E-state index in [1.807, 2.05) is 0 Å². The summed E-state index contributed by atoms with van der Waals surface area (Å²) in [6.07, 6.45) is 0.797. The number of sulfone groups is 2. The number of carbonyl (C=O) groups is 1. The molecule has 0 atom stereocenters. The van der Waals surface area contributed by atoms with Crippen molar-refractivity contribution in [2.75, 3.05) is 0 Å².